The predicted octanol–water partition coefficient (Wildman–Crippen LogP) is 6.47. The third kappa shape index (κ3) is 5.41. The number of hydrogen-bond donors (Lipinski definition) is 0. The minimum absolute atomic E-state index is 0.0280. The minimum atomic E-state index is -1.29. The van der Waals surface area contributed by atoms with Gasteiger partial charge in [-0.05, 0) is 69.1 Å². The second kappa shape index (κ2) is 9.65. The first kappa shape index (κ1) is 21.0. The number of aryl methyl sites for hydroxylation is 1. The van der Waals surface area contributed by atoms with Crippen molar-refractivity contribution in [1.29, 1.82) is 0 Å². The predicted molar refractivity (Wildman–Crippen MR) is 113 cm³/mol. The van der Waals surface area contributed by atoms with Gasteiger partial charge in [0.25, 0.3) is 0 Å². The summed E-state index contributed by atoms with van der Waals surface area (Å²) in [6.07, 6.45) is 0.157. The number of alkyl halides is 2. The minimum Gasteiger partial charge on any atom is -0.294 e. The fraction of sp³-hybridized carbons (Fsp3) is 0.520. The molecule has 3 unspecified atom stereocenters. The summed E-state index contributed by atoms with van der Waals surface area (Å²) in [4.78, 5) is 2.55. The molecule has 152 valence electrons. The van der Waals surface area contributed by atoms with E-state index in [9.17, 15) is 8.78 Å². The van der Waals surface area contributed by atoms with Crippen LogP contribution < -0.4 is 0 Å². The highest BCUT2D eigenvalue weighted by Gasteiger charge is 2.35. The van der Waals surface area contributed by atoms with Crippen molar-refractivity contribution in [2.45, 2.75) is 83.3 Å². The van der Waals surface area contributed by atoms with Crippen molar-refractivity contribution in [3.63, 3.8) is 0 Å². The highest BCUT2D eigenvalue weighted by Crippen LogP contribution is 2.38. The van der Waals surface area contributed by atoms with E-state index in [4.69, 9.17) is 0 Å². The van der Waals surface area contributed by atoms with Crippen LogP contribution in [0.1, 0.15) is 62.6 Å². The van der Waals surface area contributed by atoms with Gasteiger partial charge in [0, 0.05) is 18.6 Å². The highest BCUT2D eigenvalue weighted by atomic mass is 19.2. The fourth-order valence-electron chi connectivity index (χ4n) is 4.35. The zero-order valence-electron chi connectivity index (χ0n) is 17.3. The van der Waals surface area contributed by atoms with Gasteiger partial charge in [-0.1, -0.05) is 54.6 Å². The highest BCUT2D eigenvalue weighted by molar-refractivity contribution is 5.27. The summed E-state index contributed by atoms with van der Waals surface area (Å²) in [6, 6.07) is 20.0. The van der Waals surface area contributed by atoms with Gasteiger partial charge < -0.3 is 0 Å². The smallest absolute Gasteiger partial charge is 0.132 e. The molecule has 1 nitrogen and oxygen atoms in total. The van der Waals surface area contributed by atoms with Gasteiger partial charge in [-0.2, -0.15) is 0 Å². The van der Waals surface area contributed by atoms with Crippen molar-refractivity contribution in [2.75, 3.05) is 0 Å². The van der Waals surface area contributed by atoms with Gasteiger partial charge >= 0.3 is 0 Å². The van der Waals surface area contributed by atoms with E-state index >= 15 is 0 Å². The van der Waals surface area contributed by atoms with E-state index in [0.717, 1.165) is 24.9 Å². The monoisotopic (exact) mass is 385 g/mol. The summed E-state index contributed by atoms with van der Waals surface area (Å²) in [5, 5.41) is 0. The Morgan fingerprint density at radius 1 is 0.857 bits per heavy atom. The first-order chi connectivity index (χ1) is 13.4. The van der Waals surface area contributed by atoms with Crippen molar-refractivity contribution >= 4 is 0 Å². The Hall–Kier alpha value is -1.74. The fourth-order valence-corrected chi connectivity index (χ4v) is 4.35. The lowest BCUT2D eigenvalue weighted by Gasteiger charge is -2.33. The maximum absolute atomic E-state index is 13.5. The topological polar surface area (TPSA) is 3.24 Å². The van der Waals surface area contributed by atoms with Crippen LogP contribution in [0.5, 0.6) is 0 Å². The quantitative estimate of drug-likeness (QED) is 0.503. The molecule has 0 heterocycles. The van der Waals surface area contributed by atoms with Gasteiger partial charge in [0.05, 0.1) is 0 Å². The van der Waals surface area contributed by atoms with E-state index in [2.05, 4.69) is 80.3 Å². The molecule has 3 rings (SSSR count). The molecule has 0 spiro atoms. The molecule has 1 aliphatic carbocycles. The molecule has 1 aliphatic rings. The van der Waals surface area contributed by atoms with Gasteiger partial charge in [-0.3, -0.25) is 4.90 Å². The van der Waals surface area contributed by atoms with Gasteiger partial charge in [0.1, 0.15) is 12.3 Å². The first-order valence-corrected chi connectivity index (χ1v) is 10.6. The van der Waals surface area contributed by atoms with Crippen LogP contribution in [0.15, 0.2) is 54.6 Å². The van der Waals surface area contributed by atoms with Crippen molar-refractivity contribution in [1.82, 2.24) is 4.90 Å². The number of hydrogen-bond acceptors (Lipinski definition) is 1. The molecule has 3 heteroatoms. The van der Waals surface area contributed by atoms with Gasteiger partial charge in [0.2, 0.25) is 0 Å². The summed E-state index contributed by atoms with van der Waals surface area (Å²) in [5.41, 5.74) is 3.72. The Bertz CT molecular complexity index is 703. The average molecular weight is 386 g/mol. The molecule has 3 atom stereocenters. The Morgan fingerprint density at radius 3 is 2.04 bits per heavy atom. The molecular formula is C25H33F2N. The third-order valence-corrected chi connectivity index (χ3v) is 6.15. The van der Waals surface area contributed by atoms with Crippen LogP contribution in [-0.2, 0) is 13.0 Å². The molecule has 0 N–H and O–H groups in total. The average Bonchev–Trinajstić information content (AvgIpc) is 3.04. The zero-order chi connectivity index (χ0) is 20.1. The largest absolute Gasteiger partial charge is 0.294 e. The van der Waals surface area contributed by atoms with Gasteiger partial charge in [0.15, 0.2) is 0 Å². The lowest BCUT2D eigenvalue weighted by molar-refractivity contribution is 0.147. The number of nitrogens with zero attached hydrogens (tertiary/aromatic N) is 1. The molecule has 0 bridgehead atoms. The van der Waals surface area contributed by atoms with E-state index in [-0.39, 0.29) is 5.92 Å². The van der Waals surface area contributed by atoms with Crippen LogP contribution in [0.4, 0.5) is 8.78 Å². The molecule has 0 aromatic heterocycles. The van der Waals surface area contributed by atoms with E-state index < -0.39 is 12.3 Å². The molecule has 1 saturated carbocycles. The Labute approximate surface area is 168 Å². The van der Waals surface area contributed by atoms with E-state index in [1.807, 2.05) is 0 Å². The van der Waals surface area contributed by atoms with Crippen LogP contribution in [0.25, 0.3) is 0 Å². The Morgan fingerprint density at radius 2 is 1.46 bits per heavy atom. The maximum atomic E-state index is 13.5. The van der Waals surface area contributed by atoms with E-state index in [1.165, 1.54) is 11.1 Å². The molecule has 1 fully saturated rings. The normalized spacial score (nSPS) is 23.5. The first-order valence-electron chi connectivity index (χ1n) is 10.6. The van der Waals surface area contributed by atoms with Crippen LogP contribution in [0, 0.1) is 0 Å². The number of halogens is 2. The second-order valence-corrected chi connectivity index (χ2v) is 8.58. The summed E-state index contributed by atoms with van der Waals surface area (Å²) < 4.78 is 26.9. The summed E-state index contributed by atoms with van der Waals surface area (Å²) in [6.45, 7) is 7.78. The molecule has 2 aromatic carbocycles. The summed E-state index contributed by atoms with van der Waals surface area (Å²) >= 11 is 0. The van der Waals surface area contributed by atoms with Crippen molar-refractivity contribution in [3.8, 4) is 0 Å². The molecule has 0 amide bonds. The Kier molecular flexibility index (Phi) is 7.23. The van der Waals surface area contributed by atoms with Crippen LogP contribution >= 0.6 is 0 Å². The molecule has 2 aromatic rings. The maximum Gasteiger partial charge on any atom is 0.132 e. The third-order valence-electron chi connectivity index (χ3n) is 6.15. The molecule has 0 radical (unpaired) electrons. The Balaban J connectivity index is 1.55. The van der Waals surface area contributed by atoms with E-state index in [0.29, 0.717) is 24.9 Å². The van der Waals surface area contributed by atoms with Crippen molar-refractivity contribution < 1.29 is 8.78 Å². The van der Waals surface area contributed by atoms with Crippen molar-refractivity contribution in [2.24, 2.45) is 0 Å². The van der Waals surface area contributed by atoms with E-state index in [1.54, 1.807) is 0 Å². The van der Waals surface area contributed by atoms with Crippen molar-refractivity contribution in [3.05, 3.63) is 71.3 Å². The van der Waals surface area contributed by atoms with Crippen LogP contribution in [0.2, 0.25) is 0 Å². The number of rotatable bonds is 8. The second-order valence-electron chi connectivity index (χ2n) is 8.58. The standard InChI is InChI=1S/C25H33F2N/c1-18(2)28(17-21-7-5-4-6-8-21)19(3)9-10-20-11-13-22(14-12-20)23-15-24(26)25(27)16-23/h4-8,11-14,18-19,23-25H,9-10,15-17H2,1-3H3. The molecular weight excluding hydrogens is 352 g/mol. The van der Waals surface area contributed by atoms with Crippen LogP contribution in [0.3, 0.4) is 0 Å². The number of benzene rings is 2. The molecule has 28 heavy (non-hydrogen) atoms. The lowest BCUT2D eigenvalue weighted by Crippen LogP contribution is -2.38. The summed E-state index contributed by atoms with van der Waals surface area (Å²) in [5.74, 6) is 0.0280. The molecule has 0 aliphatic heterocycles. The zero-order valence-corrected chi connectivity index (χ0v) is 17.3. The van der Waals surface area contributed by atoms with Gasteiger partial charge in [-0.15, -0.1) is 0 Å². The summed E-state index contributed by atoms with van der Waals surface area (Å²) in [7, 11) is 0. The SMILES string of the molecule is CC(C)N(Cc1ccccc1)C(C)CCc1ccc(C2CC(F)C(F)C2)cc1. The van der Waals surface area contributed by atoms with Crippen LogP contribution in [-0.4, -0.2) is 29.3 Å². The van der Waals surface area contributed by atoms with Gasteiger partial charge in [-0.25, -0.2) is 8.78 Å². The lowest BCUT2D eigenvalue weighted by atomic mass is 9.95. The molecule has 0 saturated heterocycles.